The van der Waals surface area contributed by atoms with Gasteiger partial charge in [-0.1, -0.05) is 6.07 Å². The first-order valence-corrected chi connectivity index (χ1v) is 8.19. The van der Waals surface area contributed by atoms with Crippen molar-refractivity contribution < 1.29 is 23.1 Å². The molecule has 6 nitrogen and oxygen atoms in total. The Labute approximate surface area is 145 Å². The number of urea groups is 1. The molecule has 25 heavy (non-hydrogen) atoms. The first-order chi connectivity index (χ1) is 11.9. The molecule has 138 valence electrons. The largest absolute Gasteiger partial charge is 0.435 e. The van der Waals surface area contributed by atoms with Crippen molar-refractivity contribution in [1.29, 1.82) is 0 Å². The topological polar surface area (TPSA) is 70.7 Å². The van der Waals surface area contributed by atoms with E-state index in [1.165, 1.54) is 11.0 Å². The Hall–Kier alpha value is -2.38. The predicted molar refractivity (Wildman–Crippen MR) is 88.6 cm³/mol. The highest BCUT2D eigenvalue weighted by atomic mass is 19.3. The zero-order valence-electron chi connectivity index (χ0n) is 14.4. The maximum Gasteiger partial charge on any atom is 0.387 e. The summed E-state index contributed by atoms with van der Waals surface area (Å²) in [5.41, 5.74) is 1.81. The summed E-state index contributed by atoms with van der Waals surface area (Å²) in [6.07, 6.45) is 2.60. The third kappa shape index (κ3) is 5.58. The van der Waals surface area contributed by atoms with E-state index in [4.69, 9.17) is 0 Å². The molecule has 1 aliphatic carbocycles. The Kier molecular flexibility index (Phi) is 6.55. The van der Waals surface area contributed by atoms with Crippen molar-refractivity contribution in [3.8, 4) is 5.75 Å². The van der Waals surface area contributed by atoms with Crippen LogP contribution in [0.4, 0.5) is 13.6 Å². The smallest absolute Gasteiger partial charge is 0.387 e. The summed E-state index contributed by atoms with van der Waals surface area (Å²) in [6, 6.07) is 4.26. The molecule has 0 radical (unpaired) electrons. The molecular formula is C17H23F2N3O3. The van der Waals surface area contributed by atoms with E-state index in [-0.39, 0.29) is 36.7 Å². The molecule has 1 aliphatic rings. The highest BCUT2D eigenvalue weighted by Crippen LogP contribution is 2.32. The number of nitrogens with zero attached hydrogens (tertiary/aromatic N) is 1. The van der Waals surface area contributed by atoms with Crippen LogP contribution in [0, 0.1) is 0 Å². The number of hydrogen-bond acceptors (Lipinski definition) is 3. The Balaban J connectivity index is 1.91. The molecule has 0 saturated heterocycles. The number of aryl methyl sites for hydroxylation is 1. The maximum absolute atomic E-state index is 12.3. The summed E-state index contributed by atoms with van der Waals surface area (Å²) in [5.74, 6) is 0.0657. The maximum atomic E-state index is 12.3. The minimum Gasteiger partial charge on any atom is -0.435 e. The van der Waals surface area contributed by atoms with Gasteiger partial charge in [-0.3, -0.25) is 4.79 Å². The van der Waals surface area contributed by atoms with Gasteiger partial charge >= 0.3 is 12.6 Å². The van der Waals surface area contributed by atoms with Gasteiger partial charge in [-0.25, -0.2) is 4.79 Å². The number of hydrogen-bond donors (Lipinski definition) is 2. The lowest BCUT2D eigenvalue weighted by Gasteiger charge is -2.27. The molecule has 2 rings (SSSR count). The van der Waals surface area contributed by atoms with Crippen molar-refractivity contribution in [3.63, 3.8) is 0 Å². The fourth-order valence-electron chi connectivity index (χ4n) is 2.83. The lowest BCUT2D eigenvalue weighted by Crippen LogP contribution is -2.40. The van der Waals surface area contributed by atoms with Gasteiger partial charge in [0.2, 0.25) is 5.91 Å². The normalized spacial score (nSPS) is 16.1. The number of carbonyl (C=O) groups excluding carboxylic acids is 2. The van der Waals surface area contributed by atoms with Gasteiger partial charge in [0.05, 0.1) is 6.04 Å². The second-order valence-electron chi connectivity index (χ2n) is 6.12. The molecule has 1 aromatic carbocycles. The number of amides is 3. The van der Waals surface area contributed by atoms with E-state index in [0.29, 0.717) is 0 Å². The summed E-state index contributed by atoms with van der Waals surface area (Å²) >= 11 is 0. The summed E-state index contributed by atoms with van der Waals surface area (Å²) in [4.78, 5) is 25.0. The standard InChI is InChI=1S/C17H23F2N3O3/c1-22(2)15(23)8-9-20-17(24)21-14-5-3-4-11-10-12(25-16(18)19)6-7-13(11)14/h6-7,10,14,16H,3-5,8-9H2,1-2H3,(H2,20,21,24). The van der Waals surface area contributed by atoms with Crippen molar-refractivity contribution in [2.24, 2.45) is 0 Å². The van der Waals surface area contributed by atoms with E-state index in [0.717, 1.165) is 30.4 Å². The molecule has 0 bridgehead atoms. The molecule has 0 aromatic heterocycles. The molecule has 0 heterocycles. The molecule has 8 heteroatoms. The number of carbonyl (C=O) groups is 2. The third-order valence-electron chi connectivity index (χ3n) is 4.08. The van der Waals surface area contributed by atoms with Crippen LogP contribution in [-0.2, 0) is 11.2 Å². The number of nitrogens with one attached hydrogen (secondary N) is 2. The van der Waals surface area contributed by atoms with Gasteiger partial charge in [-0.05, 0) is 42.5 Å². The first-order valence-electron chi connectivity index (χ1n) is 8.19. The highest BCUT2D eigenvalue weighted by molar-refractivity contribution is 5.78. The minimum atomic E-state index is -2.86. The Bertz CT molecular complexity index is 623. The number of halogens is 2. The van der Waals surface area contributed by atoms with E-state index in [2.05, 4.69) is 15.4 Å². The molecular weight excluding hydrogens is 332 g/mol. The summed E-state index contributed by atoms with van der Waals surface area (Å²) in [7, 11) is 3.32. The zero-order valence-corrected chi connectivity index (χ0v) is 14.4. The molecule has 2 N–H and O–H groups in total. The molecule has 0 aliphatic heterocycles. The van der Waals surface area contributed by atoms with Crippen LogP contribution in [0.5, 0.6) is 5.75 Å². The Morgan fingerprint density at radius 3 is 2.80 bits per heavy atom. The number of rotatable bonds is 6. The second-order valence-corrected chi connectivity index (χ2v) is 6.12. The summed E-state index contributed by atoms with van der Waals surface area (Å²) in [6.45, 7) is -2.60. The monoisotopic (exact) mass is 355 g/mol. The van der Waals surface area contributed by atoms with E-state index < -0.39 is 6.61 Å². The van der Waals surface area contributed by atoms with Crippen LogP contribution in [0.1, 0.15) is 36.4 Å². The molecule has 0 spiro atoms. The van der Waals surface area contributed by atoms with E-state index >= 15 is 0 Å². The quantitative estimate of drug-likeness (QED) is 0.823. The number of benzene rings is 1. The van der Waals surface area contributed by atoms with Gasteiger partial charge in [0.25, 0.3) is 0 Å². The van der Waals surface area contributed by atoms with Gasteiger partial charge in [0.15, 0.2) is 0 Å². The van der Waals surface area contributed by atoms with Gasteiger partial charge in [0, 0.05) is 27.1 Å². The van der Waals surface area contributed by atoms with Crippen LogP contribution in [0.3, 0.4) is 0 Å². The van der Waals surface area contributed by atoms with Crippen molar-refractivity contribution in [2.75, 3.05) is 20.6 Å². The lowest BCUT2D eigenvalue weighted by molar-refractivity contribution is -0.128. The van der Waals surface area contributed by atoms with Crippen LogP contribution in [0.15, 0.2) is 18.2 Å². The van der Waals surface area contributed by atoms with Gasteiger partial charge in [-0.2, -0.15) is 8.78 Å². The average Bonchev–Trinajstić information content (AvgIpc) is 2.54. The molecule has 1 atom stereocenters. The summed E-state index contributed by atoms with van der Waals surface area (Å²) < 4.78 is 29.0. The second kappa shape index (κ2) is 8.64. The first kappa shape index (κ1) is 19.0. The van der Waals surface area contributed by atoms with Crippen LogP contribution in [0.25, 0.3) is 0 Å². The molecule has 1 unspecified atom stereocenters. The zero-order chi connectivity index (χ0) is 18.4. The third-order valence-corrected chi connectivity index (χ3v) is 4.08. The number of fused-ring (bicyclic) bond motifs is 1. The average molecular weight is 355 g/mol. The Morgan fingerprint density at radius 1 is 1.36 bits per heavy atom. The molecule has 0 fully saturated rings. The SMILES string of the molecule is CN(C)C(=O)CCNC(=O)NC1CCCc2cc(OC(F)F)ccc21. The van der Waals surface area contributed by atoms with Crippen LogP contribution in [0.2, 0.25) is 0 Å². The number of ether oxygens (including phenoxy) is 1. The molecule has 0 saturated carbocycles. The Morgan fingerprint density at radius 2 is 2.12 bits per heavy atom. The van der Waals surface area contributed by atoms with Crippen LogP contribution < -0.4 is 15.4 Å². The van der Waals surface area contributed by atoms with Gasteiger partial charge in [0.1, 0.15) is 5.75 Å². The number of alkyl halides is 2. The van der Waals surface area contributed by atoms with Crippen LogP contribution >= 0.6 is 0 Å². The van der Waals surface area contributed by atoms with Crippen molar-refractivity contribution in [1.82, 2.24) is 15.5 Å². The summed E-state index contributed by atoms with van der Waals surface area (Å²) in [5, 5.41) is 5.54. The fraction of sp³-hybridized carbons (Fsp3) is 0.529. The van der Waals surface area contributed by atoms with E-state index in [1.807, 2.05) is 0 Å². The van der Waals surface area contributed by atoms with Crippen LogP contribution in [-0.4, -0.2) is 44.1 Å². The van der Waals surface area contributed by atoms with Crippen molar-refractivity contribution in [2.45, 2.75) is 38.3 Å². The molecule has 3 amide bonds. The molecule has 1 aromatic rings. The van der Waals surface area contributed by atoms with E-state index in [9.17, 15) is 18.4 Å². The van der Waals surface area contributed by atoms with Crippen molar-refractivity contribution >= 4 is 11.9 Å². The highest BCUT2D eigenvalue weighted by Gasteiger charge is 2.22. The van der Waals surface area contributed by atoms with Gasteiger partial charge in [-0.15, -0.1) is 0 Å². The lowest BCUT2D eigenvalue weighted by atomic mass is 9.87. The van der Waals surface area contributed by atoms with E-state index in [1.54, 1.807) is 26.2 Å². The van der Waals surface area contributed by atoms with Gasteiger partial charge < -0.3 is 20.3 Å². The predicted octanol–water partition coefficient (Wildman–Crippen LogP) is 2.44. The minimum absolute atomic E-state index is 0.0603. The van der Waals surface area contributed by atoms with Crippen molar-refractivity contribution in [3.05, 3.63) is 29.3 Å². The fourth-order valence-corrected chi connectivity index (χ4v) is 2.83.